The molecule has 4 fully saturated rings. The molecule has 5 rings (SSSR count). The lowest BCUT2D eigenvalue weighted by Crippen LogP contribution is -2.45. The Kier molecular flexibility index (Phi) is 3.56. The molecule has 0 aliphatic heterocycles. The van der Waals surface area contributed by atoms with Gasteiger partial charge in [-0.15, -0.1) is 0 Å². The summed E-state index contributed by atoms with van der Waals surface area (Å²) in [5.41, 5.74) is 8.75. The molecule has 4 bridgehead atoms. The van der Waals surface area contributed by atoms with Crippen molar-refractivity contribution < 1.29 is 5.11 Å². The second-order valence-corrected chi connectivity index (χ2v) is 8.27. The predicted octanol–water partition coefficient (Wildman–Crippen LogP) is 4.49. The summed E-state index contributed by atoms with van der Waals surface area (Å²) in [7, 11) is 0. The van der Waals surface area contributed by atoms with Gasteiger partial charge in [0.2, 0.25) is 0 Å². The van der Waals surface area contributed by atoms with Gasteiger partial charge in [0.15, 0.2) is 0 Å². The lowest BCUT2D eigenvalue weighted by atomic mass is 9.50. The third-order valence-electron chi connectivity index (χ3n) is 6.27. The number of phenols is 1. The Hall–Kier alpha value is -1.62. The highest BCUT2D eigenvalue weighted by Gasteiger charge is 2.50. The number of benzene rings is 1. The molecule has 4 saturated carbocycles. The van der Waals surface area contributed by atoms with Crippen molar-refractivity contribution in [2.24, 2.45) is 23.2 Å². The summed E-state index contributed by atoms with van der Waals surface area (Å²) in [6, 6.07) is 3.68. The van der Waals surface area contributed by atoms with Crippen LogP contribution in [0, 0.1) is 35.0 Å². The second kappa shape index (κ2) is 5.48. The summed E-state index contributed by atoms with van der Waals surface area (Å²) in [4.78, 5) is 0. The fraction of sp³-hybridized carbons (Fsp3) is 0.619. The molecule has 0 radical (unpaired) electrons. The lowest BCUT2D eigenvalue weighted by Gasteiger charge is -2.54. The maximum absolute atomic E-state index is 9.96. The topological polar surface area (TPSA) is 46.2 Å². The van der Waals surface area contributed by atoms with Crippen LogP contribution in [0.5, 0.6) is 5.75 Å². The highest BCUT2D eigenvalue weighted by molar-refractivity contribution is 5.60. The minimum absolute atomic E-state index is 0.166. The Bertz CT molecular complexity index is 644. The molecule has 122 valence electrons. The molecule has 4 aliphatic rings. The van der Waals surface area contributed by atoms with Gasteiger partial charge < -0.3 is 10.8 Å². The zero-order valence-corrected chi connectivity index (χ0v) is 14.1. The fourth-order valence-electron chi connectivity index (χ4n) is 5.71. The van der Waals surface area contributed by atoms with Crippen LogP contribution in [0.1, 0.15) is 63.0 Å². The van der Waals surface area contributed by atoms with E-state index in [0.717, 1.165) is 36.2 Å². The van der Waals surface area contributed by atoms with Crippen LogP contribution in [0.3, 0.4) is 0 Å². The largest absolute Gasteiger partial charge is 0.506 e. The zero-order chi connectivity index (χ0) is 16.0. The van der Waals surface area contributed by atoms with E-state index in [0.29, 0.717) is 5.69 Å². The number of nitrogen functional groups attached to an aromatic ring is 1. The van der Waals surface area contributed by atoms with Gasteiger partial charge in [0.25, 0.3) is 0 Å². The van der Waals surface area contributed by atoms with Gasteiger partial charge in [-0.25, -0.2) is 0 Å². The smallest absolute Gasteiger partial charge is 0.139 e. The average molecular weight is 309 g/mol. The van der Waals surface area contributed by atoms with Gasteiger partial charge in [0, 0.05) is 11.0 Å². The molecule has 23 heavy (non-hydrogen) atoms. The SMILES string of the molecule is CCCc1cc(N)c(O)cc1C#CC12CC3CC(CC(C3)C1)C2. The zero-order valence-electron chi connectivity index (χ0n) is 14.1. The van der Waals surface area contributed by atoms with Crippen molar-refractivity contribution in [1.29, 1.82) is 0 Å². The first-order valence-electron chi connectivity index (χ1n) is 9.21. The van der Waals surface area contributed by atoms with Crippen LogP contribution in [-0.4, -0.2) is 5.11 Å². The molecule has 1 aromatic rings. The number of hydrogen-bond acceptors (Lipinski definition) is 2. The Balaban J connectivity index is 1.66. The molecule has 0 heterocycles. The number of hydrogen-bond donors (Lipinski definition) is 2. The number of anilines is 1. The number of nitrogens with two attached hydrogens (primary N) is 1. The van der Waals surface area contributed by atoms with E-state index in [9.17, 15) is 5.11 Å². The molecule has 2 nitrogen and oxygen atoms in total. The first-order chi connectivity index (χ1) is 11.1. The quantitative estimate of drug-likeness (QED) is 0.480. The van der Waals surface area contributed by atoms with E-state index in [1.165, 1.54) is 44.1 Å². The average Bonchev–Trinajstić information content (AvgIpc) is 2.48. The Morgan fingerprint density at radius 1 is 1.13 bits per heavy atom. The standard InChI is InChI=1S/C21H27NO/c1-2-3-17-9-19(22)20(23)10-18(17)4-5-21-11-14-6-15(12-21)8-16(7-14)13-21/h9-10,14-16,23H,2-3,6-8,11-13,22H2,1H3. The van der Waals surface area contributed by atoms with Crippen molar-refractivity contribution in [2.75, 3.05) is 5.73 Å². The predicted molar refractivity (Wildman–Crippen MR) is 94.0 cm³/mol. The number of aryl methyl sites for hydroxylation is 1. The van der Waals surface area contributed by atoms with Gasteiger partial charge in [-0.05, 0) is 80.4 Å². The summed E-state index contributed by atoms with van der Waals surface area (Å²) in [6.07, 6.45) is 10.3. The Morgan fingerprint density at radius 3 is 2.30 bits per heavy atom. The molecule has 0 spiro atoms. The highest BCUT2D eigenvalue weighted by Crippen LogP contribution is 2.59. The van der Waals surface area contributed by atoms with Crippen LogP contribution in [0.2, 0.25) is 0 Å². The lowest BCUT2D eigenvalue weighted by molar-refractivity contribution is -0.0181. The second-order valence-electron chi connectivity index (χ2n) is 8.27. The molecule has 0 aromatic heterocycles. The van der Waals surface area contributed by atoms with E-state index < -0.39 is 0 Å². The molecule has 4 aliphatic carbocycles. The summed E-state index contributed by atoms with van der Waals surface area (Å²) in [6.45, 7) is 2.17. The highest BCUT2D eigenvalue weighted by atomic mass is 16.3. The van der Waals surface area contributed by atoms with Gasteiger partial charge in [0.05, 0.1) is 5.69 Å². The number of aromatic hydroxyl groups is 1. The monoisotopic (exact) mass is 309 g/mol. The molecule has 1 aromatic carbocycles. The van der Waals surface area contributed by atoms with E-state index in [1.807, 2.05) is 6.07 Å². The minimum atomic E-state index is 0.166. The van der Waals surface area contributed by atoms with Gasteiger partial charge >= 0.3 is 0 Å². The molecule has 3 N–H and O–H groups in total. The maximum Gasteiger partial charge on any atom is 0.139 e. The molecular weight excluding hydrogens is 282 g/mol. The summed E-state index contributed by atoms with van der Waals surface area (Å²) in [5.74, 6) is 10.1. The third kappa shape index (κ3) is 2.71. The van der Waals surface area contributed by atoms with E-state index in [1.54, 1.807) is 6.07 Å². The van der Waals surface area contributed by atoms with E-state index >= 15 is 0 Å². The van der Waals surface area contributed by atoms with Gasteiger partial charge in [-0.2, -0.15) is 0 Å². The Labute approximate surface area is 139 Å². The summed E-state index contributed by atoms with van der Waals surface area (Å²) in [5, 5.41) is 9.96. The minimum Gasteiger partial charge on any atom is -0.506 e. The summed E-state index contributed by atoms with van der Waals surface area (Å²) >= 11 is 0. The molecule has 0 amide bonds. The molecular formula is C21H27NO. The van der Waals surface area contributed by atoms with Crippen molar-refractivity contribution in [2.45, 2.75) is 58.3 Å². The van der Waals surface area contributed by atoms with Crippen LogP contribution < -0.4 is 5.73 Å². The van der Waals surface area contributed by atoms with Crippen molar-refractivity contribution in [3.8, 4) is 17.6 Å². The van der Waals surface area contributed by atoms with E-state index in [2.05, 4.69) is 18.8 Å². The fourth-order valence-corrected chi connectivity index (χ4v) is 5.71. The van der Waals surface area contributed by atoms with Crippen molar-refractivity contribution >= 4 is 5.69 Å². The van der Waals surface area contributed by atoms with Crippen LogP contribution in [0.15, 0.2) is 12.1 Å². The van der Waals surface area contributed by atoms with Crippen LogP contribution >= 0.6 is 0 Å². The van der Waals surface area contributed by atoms with E-state index in [-0.39, 0.29) is 11.2 Å². The van der Waals surface area contributed by atoms with Crippen LogP contribution in [-0.2, 0) is 6.42 Å². The van der Waals surface area contributed by atoms with Crippen molar-refractivity contribution in [1.82, 2.24) is 0 Å². The first-order valence-corrected chi connectivity index (χ1v) is 9.21. The Morgan fingerprint density at radius 2 is 1.74 bits per heavy atom. The third-order valence-corrected chi connectivity index (χ3v) is 6.27. The molecule has 0 unspecified atom stereocenters. The number of rotatable bonds is 2. The molecule has 0 saturated heterocycles. The van der Waals surface area contributed by atoms with E-state index in [4.69, 9.17) is 5.73 Å². The molecule has 2 heteroatoms. The normalized spacial score (nSPS) is 34.2. The van der Waals surface area contributed by atoms with Gasteiger partial charge in [0.1, 0.15) is 5.75 Å². The van der Waals surface area contributed by atoms with Crippen LogP contribution in [0.4, 0.5) is 5.69 Å². The molecule has 0 atom stereocenters. The maximum atomic E-state index is 9.96. The number of phenolic OH excluding ortho intramolecular Hbond substituents is 1. The van der Waals surface area contributed by atoms with Crippen LogP contribution in [0.25, 0.3) is 0 Å². The van der Waals surface area contributed by atoms with Crippen molar-refractivity contribution in [3.05, 3.63) is 23.3 Å². The first kappa shape index (κ1) is 14.9. The van der Waals surface area contributed by atoms with Gasteiger partial charge in [-0.3, -0.25) is 0 Å². The van der Waals surface area contributed by atoms with Gasteiger partial charge in [-0.1, -0.05) is 25.2 Å². The summed E-state index contributed by atoms with van der Waals surface area (Å²) < 4.78 is 0. The van der Waals surface area contributed by atoms with Crippen molar-refractivity contribution in [3.63, 3.8) is 0 Å².